The molecule has 0 aliphatic carbocycles. The van der Waals surface area contributed by atoms with Gasteiger partial charge in [0.05, 0.1) is 24.9 Å². The van der Waals surface area contributed by atoms with Crippen LogP contribution in [0.5, 0.6) is 0 Å². The summed E-state index contributed by atoms with van der Waals surface area (Å²) in [7, 11) is 0. The van der Waals surface area contributed by atoms with Gasteiger partial charge in [-0.15, -0.1) is 10.2 Å². The van der Waals surface area contributed by atoms with E-state index < -0.39 is 0 Å². The van der Waals surface area contributed by atoms with Crippen molar-refractivity contribution in [1.29, 1.82) is 0 Å². The van der Waals surface area contributed by atoms with E-state index in [1.165, 1.54) is 0 Å². The second-order valence-corrected chi connectivity index (χ2v) is 6.03. The van der Waals surface area contributed by atoms with Gasteiger partial charge in [-0.3, -0.25) is 4.79 Å². The van der Waals surface area contributed by atoms with Crippen LogP contribution in [0.4, 0.5) is 5.69 Å². The number of amides is 1. The maximum absolute atomic E-state index is 12.5. The topological polar surface area (TPSA) is 93.2 Å². The molecule has 1 amide bonds. The molecule has 0 atom stereocenters. The number of nitrogens with one attached hydrogen (secondary N) is 2. The van der Waals surface area contributed by atoms with E-state index in [0.29, 0.717) is 41.9 Å². The van der Waals surface area contributed by atoms with Crippen LogP contribution in [-0.4, -0.2) is 16.1 Å². The second-order valence-electron chi connectivity index (χ2n) is 6.03. The van der Waals surface area contributed by atoms with Crippen LogP contribution in [0.1, 0.15) is 22.0 Å². The van der Waals surface area contributed by atoms with E-state index in [1.807, 2.05) is 54.6 Å². The number of nitrogens with zero attached hydrogens (tertiary/aromatic N) is 2. The molecule has 0 fully saturated rings. The first-order chi connectivity index (χ1) is 13.8. The van der Waals surface area contributed by atoms with Crippen LogP contribution >= 0.6 is 0 Å². The Hall–Kier alpha value is -3.87. The first-order valence-corrected chi connectivity index (χ1v) is 8.81. The summed E-state index contributed by atoms with van der Waals surface area (Å²) in [6, 6.07) is 20.4. The molecule has 7 nitrogen and oxygen atoms in total. The summed E-state index contributed by atoms with van der Waals surface area (Å²) in [6.45, 7) is 0.632. The summed E-state index contributed by atoms with van der Waals surface area (Å²) in [5.41, 5.74) is 2.06. The van der Waals surface area contributed by atoms with Gasteiger partial charge in [0.2, 0.25) is 11.8 Å². The monoisotopic (exact) mass is 374 g/mol. The van der Waals surface area contributed by atoms with Crippen LogP contribution < -0.4 is 10.6 Å². The maximum Gasteiger partial charge on any atom is 0.253 e. The second kappa shape index (κ2) is 8.22. The van der Waals surface area contributed by atoms with Gasteiger partial charge in [0, 0.05) is 11.3 Å². The van der Waals surface area contributed by atoms with Gasteiger partial charge in [-0.2, -0.15) is 0 Å². The SMILES string of the molecule is O=C(NCc1ccco1)c1ccccc1NCc1nnc(-c2ccccc2)o1. The van der Waals surface area contributed by atoms with Crippen LogP contribution in [0, 0.1) is 0 Å². The number of hydrogen-bond donors (Lipinski definition) is 2. The third-order valence-corrected chi connectivity index (χ3v) is 4.09. The van der Waals surface area contributed by atoms with Gasteiger partial charge in [-0.25, -0.2) is 0 Å². The minimum atomic E-state index is -0.199. The first-order valence-electron chi connectivity index (χ1n) is 8.81. The number of furan rings is 1. The lowest BCUT2D eigenvalue weighted by Crippen LogP contribution is -2.23. The lowest BCUT2D eigenvalue weighted by molar-refractivity contribution is 0.0949. The number of benzene rings is 2. The zero-order valence-corrected chi connectivity index (χ0v) is 15.0. The van der Waals surface area contributed by atoms with E-state index in [2.05, 4.69) is 20.8 Å². The van der Waals surface area contributed by atoms with Crippen molar-refractivity contribution < 1.29 is 13.6 Å². The molecule has 0 spiro atoms. The third-order valence-electron chi connectivity index (χ3n) is 4.09. The number of para-hydroxylation sites is 1. The third kappa shape index (κ3) is 4.09. The van der Waals surface area contributed by atoms with Crippen LogP contribution in [0.3, 0.4) is 0 Å². The zero-order valence-electron chi connectivity index (χ0n) is 15.0. The van der Waals surface area contributed by atoms with Crippen molar-refractivity contribution in [2.45, 2.75) is 13.1 Å². The fourth-order valence-corrected chi connectivity index (χ4v) is 2.70. The smallest absolute Gasteiger partial charge is 0.253 e. The number of carbonyl (C=O) groups is 1. The summed E-state index contributed by atoms with van der Waals surface area (Å²) in [5, 5.41) is 14.2. The highest BCUT2D eigenvalue weighted by atomic mass is 16.4. The molecule has 0 saturated carbocycles. The molecule has 4 rings (SSSR count). The van der Waals surface area contributed by atoms with Crippen molar-refractivity contribution >= 4 is 11.6 Å². The molecule has 2 N–H and O–H groups in total. The highest BCUT2D eigenvalue weighted by Gasteiger charge is 2.13. The molecule has 4 aromatic rings. The Labute approximate surface area is 161 Å². The molecule has 28 heavy (non-hydrogen) atoms. The van der Waals surface area contributed by atoms with Gasteiger partial charge in [0.1, 0.15) is 5.76 Å². The van der Waals surface area contributed by atoms with Crippen molar-refractivity contribution in [1.82, 2.24) is 15.5 Å². The molecule has 7 heteroatoms. The van der Waals surface area contributed by atoms with Crippen LogP contribution in [0.15, 0.2) is 81.8 Å². The standard InChI is InChI=1S/C21H18N4O3/c26-20(23-13-16-9-6-12-27-16)17-10-4-5-11-18(17)22-14-19-24-25-21(28-19)15-7-2-1-3-8-15/h1-12,22H,13-14H2,(H,23,26). The van der Waals surface area contributed by atoms with E-state index in [0.717, 1.165) is 5.56 Å². The number of anilines is 1. The van der Waals surface area contributed by atoms with Crippen LogP contribution in [-0.2, 0) is 13.1 Å². The van der Waals surface area contributed by atoms with Crippen molar-refractivity contribution in [3.8, 4) is 11.5 Å². The Kier molecular flexibility index (Phi) is 5.15. The van der Waals surface area contributed by atoms with Crippen molar-refractivity contribution in [2.75, 3.05) is 5.32 Å². The van der Waals surface area contributed by atoms with Gasteiger partial charge >= 0.3 is 0 Å². The van der Waals surface area contributed by atoms with Gasteiger partial charge < -0.3 is 19.5 Å². The predicted octanol–water partition coefficient (Wildman–Crippen LogP) is 3.87. The molecule has 0 saturated heterocycles. The molecule has 0 aliphatic rings. The summed E-state index contributed by atoms with van der Waals surface area (Å²) < 4.78 is 10.9. The van der Waals surface area contributed by atoms with E-state index in [1.54, 1.807) is 18.4 Å². The molecule has 2 aromatic carbocycles. The van der Waals surface area contributed by atoms with E-state index in [-0.39, 0.29) is 5.91 Å². The van der Waals surface area contributed by atoms with Gasteiger partial charge in [-0.05, 0) is 36.4 Å². The quantitative estimate of drug-likeness (QED) is 0.510. The van der Waals surface area contributed by atoms with E-state index >= 15 is 0 Å². The lowest BCUT2D eigenvalue weighted by Gasteiger charge is -2.10. The molecular formula is C21H18N4O3. The fraction of sp³-hybridized carbons (Fsp3) is 0.0952. The Bertz CT molecular complexity index is 1040. The molecule has 140 valence electrons. The average Bonchev–Trinajstić information content (AvgIpc) is 3.43. The fourth-order valence-electron chi connectivity index (χ4n) is 2.70. The minimum Gasteiger partial charge on any atom is -0.467 e. The Morgan fingerprint density at radius 2 is 1.71 bits per heavy atom. The Morgan fingerprint density at radius 3 is 2.54 bits per heavy atom. The molecule has 2 aromatic heterocycles. The Morgan fingerprint density at radius 1 is 0.893 bits per heavy atom. The normalized spacial score (nSPS) is 10.6. The highest BCUT2D eigenvalue weighted by molar-refractivity contribution is 5.99. The number of aromatic nitrogens is 2. The van der Waals surface area contributed by atoms with Crippen molar-refractivity contribution in [3.63, 3.8) is 0 Å². The number of rotatable bonds is 7. The predicted molar refractivity (Wildman–Crippen MR) is 103 cm³/mol. The molecule has 2 heterocycles. The zero-order chi connectivity index (χ0) is 19.2. The number of carbonyl (C=O) groups excluding carboxylic acids is 1. The highest BCUT2D eigenvalue weighted by Crippen LogP contribution is 2.19. The molecule has 0 bridgehead atoms. The van der Waals surface area contributed by atoms with Crippen molar-refractivity contribution in [2.24, 2.45) is 0 Å². The lowest BCUT2D eigenvalue weighted by atomic mass is 10.1. The molecule has 0 radical (unpaired) electrons. The largest absolute Gasteiger partial charge is 0.467 e. The summed E-state index contributed by atoms with van der Waals surface area (Å²) in [5.74, 6) is 1.39. The van der Waals surface area contributed by atoms with Gasteiger partial charge in [-0.1, -0.05) is 30.3 Å². The van der Waals surface area contributed by atoms with Crippen LogP contribution in [0.2, 0.25) is 0 Å². The molecule has 0 unspecified atom stereocenters. The van der Waals surface area contributed by atoms with Gasteiger partial charge in [0.15, 0.2) is 0 Å². The van der Waals surface area contributed by atoms with Crippen LogP contribution in [0.25, 0.3) is 11.5 Å². The molecular weight excluding hydrogens is 356 g/mol. The summed E-state index contributed by atoms with van der Waals surface area (Å²) in [4.78, 5) is 12.5. The average molecular weight is 374 g/mol. The van der Waals surface area contributed by atoms with Gasteiger partial charge in [0.25, 0.3) is 5.91 Å². The van der Waals surface area contributed by atoms with Crippen molar-refractivity contribution in [3.05, 3.63) is 90.2 Å². The maximum atomic E-state index is 12.5. The number of hydrogen-bond acceptors (Lipinski definition) is 6. The van der Waals surface area contributed by atoms with E-state index in [9.17, 15) is 4.79 Å². The summed E-state index contributed by atoms with van der Waals surface area (Å²) >= 11 is 0. The first kappa shape index (κ1) is 17.5. The Balaban J connectivity index is 1.41. The van der Waals surface area contributed by atoms with E-state index in [4.69, 9.17) is 8.83 Å². The molecule has 0 aliphatic heterocycles. The minimum absolute atomic E-state index is 0.199. The summed E-state index contributed by atoms with van der Waals surface area (Å²) in [6.07, 6.45) is 1.57.